The molecule has 1 aliphatic carbocycles. The number of piperazine rings is 1. The second-order valence-electron chi connectivity index (χ2n) is 5.72. The zero-order valence-corrected chi connectivity index (χ0v) is 11.3. The average Bonchev–Trinajstić information content (AvgIpc) is 2.77. The highest BCUT2D eigenvalue weighted by Gasteiger charge is 2.30. The molecule has 1 aliphatic heterocycles. The van der Waals surface area contributed by atoms with Crippen molar-refractivity contribution < 1.29 is 9.90 Å². The van der Waals surface area contributed by atoms with Gasteiger partial charge in [-0.3, -0.25) is 4.79 Å². The lowest BCUT2D eigenvalue weighted by Gasteiger charge is -2.32. The largest absolute Gasteiger partial charge is 0.389 e. The summed E-state index contributed by atoms with van der Waals surface area (Å²) in [6.07, 6.45) is 3.93. The minimum atomic E-state index is -0.567. The molecule has 0 aromatic heterocycles. The summed E-state index contributed by atoms with van der Waals surface area (Å²) in [6.45, 7) is 4.45. The fraction of sp³-hybridized carbons (Fsp3) is 0.923. The summed E-state index contributed by atoms with van der Waals surface area (Å²) in [7, 11) is 2.08. The highest BCUT2D eigenvalue weighted by Crippen LogP contribution is 2.28. The Morgan fingerprint density at radius 1 is 1.22 bits per heavy atom. The molecule has 1 saturated heterocycles. The predicted molar refractivity (Wildman–Crippen MR) is 70.4 cm³/mol. The zero-order valence-electron chi connectivity index (χ0n) is 11.3. The standard InChI is InChI=1S/C13H25N3O2/c1-15-6-8-16(9-7-15)12(17)10-14-11-13(18)4-2-3-5-13/h14,18H,2-11H2,1H3. The van der Waals surface area contributed by atoms with Gasteiger partial charge in [0.1, 0.15) is 0 Å². The van der Waals surface area contributed by atoms with E-state index in [9.17, 15) is 9.90 Å². The van der Waals surface area contributed by atoms with Crippen LogP contribution in [-0.4, -0.2) is 72.7 Å². The second-order valence-corrected chi connectivity index (χ2v) is 5.72. The molecule has 0 atom stereocenters. The summed E-state index contributed by atoms with van der Waals surface area (Å²) in [6, 6.07) is 0. The maximum atomic E-state index is 11.9. The Kier molecular flexibility index (Phi) is 4.59. The predicted octanol–water partition coefficient (Wildman–Crippen LogP) is -0.345. The van der Waals surface area contributed by atoms with Crippen LogP contribution in [0.2, 0.25) is 0 Å². The lowest BCUT2D eigenvalue weighted by molar-refractivity contribution is -0.131. The van der Waals surface area contributed by atoms with Gasteiger partial charge in [0.25, 0.3) is 0 Å². The van der Waals surface area contributed by atoms with Crippen molar-refractivity contribution in [2.75, 3.05) is 46.3 Å². The molecule has 18 heavy (non-hydrogen) atoms. The van der Waals surface area contributed by atoms with E-state index in [0.717, 1.165) is 51.9 Å². The summed E-state index contributed by atoms with van der Waals surface area (Å²) in [5.41, 5.74) is -0.567. The third kappa shape index (κ3) is 3.67. The van der Waals surface area contributed by atoms with Crippen molar-refractivity contribution in [1.82, 2.24) is 15.1 Å². The molecule has 5 nitrogen and oxygen atoms in total. The van der Waals surface area contributed by atoms with Crippen LogP contribution in [0.5, 0.6) is 0 Å². The first kappa shape index (κ1) is 13.8. The lowest BCUT2D eigenvalue weighted by atomic mass is 10.0. The number of aliphatic hydroxyl groups is 1. The van der Waals surface area contributed by atoms with E-state index in [2.05, 4.69) is 17.3 Å². The van der Waals surface area contributed by atoms with Crippen LogP contribution in [0.15, 0.2) is 0 Å². The molecular weight excluding hydrogens is 230 g/mol. The maximum absolute atomic E-state index is 11.9. The first-order valence-electron chi connectivity index (χ1n) is 6.98. The summed E-state index contributed by atoms with van der Waals surface area (Å²) < 4.78 is 0. The normalized spacial score (nSPS) is 24.4. The third-order valence-electron chi connectivity index (χ3n) is 4.12. The number of carbonyl (C=O) groups excluding carboxylic acids is 1. The van der Waals surface area contributed by atoms with Gasteiger partial charge < -0.3 is 20.2 Å². The molecule has 0 unspecified atom stereocenters. The Balaban J connectivity index is 1.65. The fourth-order valence-electron chi connectivity index (χ4n) is 2.78. The Labute approximate surface area is 109 Å². The van der Waals surface area contributed by atoms with Gasteiger partial charge in [0.15, 0.2) is 0 Å². The van der Waals surface area contributed by atoms with E-state index in [1.807, 2.05) is 4.90 Å². The van der Waals surface area contributed by atoms with Crippen LogP contribution in [-0.2, 0) is 4.79 Å². The van der Waals surface area contributed by atoms with Crippen molar-refractivity contribution in [3.63, 3.8) is 0 Å². The van der Waals surface area contributed by atoms with E-state index in [4.69, 9.17) is 0 Å². The van der Waals surface area contributed by atoms with E-state index in [1.165, 1.54) is 0 Å². The van der Waals surface area contributed by atoms with Crippen molar-refractivity contribution in [2.45, 2.75) is 31.3 Å². The molecular formula is C13H25N3O2. The number of likely N-dealkylation sites (N-methyl/N-ethyl adjacent to an activating group) is 1. The van der Waals surface area contributed by atoms with Crippen molar-refractivity contribution in [3.05, 3.63) is 0 Å². The molecule has 104 valence electrons. The van der Waals surface area contributed by atoms with Crippen molar-refractivity contribution in [2.24, 2.45) is 0 Å². The molecule has 1 saturated carbocycles. The van der Waals surface area contributed by atoms with E-state index in [-0.39, 0.29) is 5.91 Å². The molecule has 1 amide bonds. The minimum Gasteiger partial charge on any atom is -0.389 e. The van der Waals surface area contributed by atoms with Gasteiger partial charge in [0, 0.05) is 32.7 Å². The molecule has 2 N–H and O–H groups in total. The Hall–Kier alpha value is -0.650. The molecule has 0 radical (unpaired) electrons. The van der Waals surface area contributed by atoms with E-state index in [1.54, 1.807) is 0 Å². The van der Waals surface area contributed by atoms with Crippen molar-refractivity contribution >= 4 is 5.91 Å². The van der Waals surface area contributed by atoms with E-state index < -0.39 is 5.60 Å². The topological polar surface area (TPSA) is 55.8 Å². The van der Waals surface area contributed by atoms with Gasteiger partial charge in [-0.1, -0.05) is 12.8 Å². The fourth-order valence-corrected chi connectivity index (χ4v) is 2.78. The van der Waals surface area contributed by atoms with Gasteiger partial charge in [-0.25, -0.2) is 0 Å². The summed E-state index contributed by atoms with van der Waals surface area (Å²) >= 11 is 0. The number of hydrogen-bond acceptors (Lipinski definition) is 4. The lowest BCUT2D eigenvalue weighted by Crippen LogP contribution is -2.50. The third-order valence-corrected chi connectivity index (χ3v) is 4.12. The first-order chi connectivity index (χ1) is 8.59. The second kappa shape index (κ2) is 5.99. The monoisotopic (exact) mass is 255 g/mol. The molecule has 1 heterocycles. The number of nitrogens with zero attached hydrogens (tertiary/aromatic N) is 2. The SMILES string of the molecule is CN1CCN(C(=O)CNCC2(O)CCCC2)CC1. The average molecular weight is 255 g/mol. The highest BCUT2D eigenvalue weighted by atomic mass is 16.3. The summed E-state index contributed by atoms with van der Waals surface area (Å²) in [5.74, 6) is 0.157. The van der Waals surface area contributed by atoms with Crippen LogP contribution < -0.4 is 5.32 Å². The molecule has 2 rings (SSSR count). The summed E-state index contributed by atoms with van der Waals surface area (Å²) in [5, 5.41) is 13.3. The Morgan fingerprint density at radius 3 is 2.44 bits per heavy atom. The molecule has 0 aromatic rings. The van der Waals surface area contributed by atoms with Crippen LogP contribution in [0.4, 0.5) is 0 Å². The molecule has 0 bridgehead atoms. The smallest absolute Gasteiger partial charge is 0.236 e. The van der Waals surface area contributed by atoms with Gasteiger partial charge in [0.2, 0.25) is 5.91 Å². The Morgan fingerprint density at radius 2 is 1.83 bits per heavy atom. The molecule has 2 aliphatic rings. The van der Waals surface area contributed by atoms with Crippen molar-refractivity contribution in [1.29, 1.82) is 0 Å². The van der Waals surface area contributed by atoms with E-state index >= 15 is 0 Å². The van der Waals surface area contributed by atoms with Gasteiger partial charge in [0.05, 0.1) is 12.1 Å². The van der Waals surface area contributed by atoms with Gasteiger partial charge in [-0.05, 0) is 19.9 Å². The quantitative estimate of drug-likeness (QED) is 0.721. The van der Waals surface area contributed by atoms with Crippen molar-refractivity contribution in [3.8, 4) is 0 Å². The maximum Gasteiger partial charge on any atom is 0.236 e. The summed E-state index contributed by atoms with van der Waals surface area (Å²) in [4.78, 5) is 16.1. The van der Waals surface area contributed by atoms with Gasteiger partial charge in [-0.2, -0.15) is 0 Å². The molecule has 0 aromatic carbocycles. The first-order valence-corrected chi connectivity index (χ1v) is 6.98. The Bertz CT molecular complexity index is 282. The number of nitrogens with one attached hydrogen (secondary N) is 1. The van der Waals surface area contributed by atoms with Crippen LogP contribution in [0, 0.1) is 0 Å². The highest BCUT2D eigenvalue weighted by molar-refractivity contribution is 5.78. The van der Waals surface area contributed by atoms with Crippen LogP contribution >= 0.6 is 0 Å². The van der Waals surface area contributed by atoms with Crippen LogP contribution in [0.1, 0.15) is 25.7 Å². The molecule has 2 fully saturated rings. The number of carbonyl (C=O) groups is 1. The van der Waals surface area contributed by atoms with Gasteiger partial charge in [-0.15, -0.1) is 0 Å². The molecule has 0 spiro atoms. The number of hydrogen-bond donors (Lipinski definition) is 2. The molecule has 5 heteroatoms. The van der Waals surface area contributed by atoms with Gasteiger partial charge >= 0.3 is 0 Å². The number of rotatable bonds is 4. The van der Waals surface area contributed by atoms with E-state index in [0.29, 0.717) is 13.1 Å². The minimum absolute atomic E-state index is 0.157. The van der Waals surface area contributed by atoms with Crippen LogP contribution in [0.25, 0.3) is 0 Å². The number of amides is 1. The zero-order chi connectivity index (χ0) is 13.0. The van der Waals surface area contributed by atoms with Crippen LogP contribution in [0.3, 0.4) is 0 Å².